The minimum absolute atomic E-state index is 1.08. The number of aromatic nitrogens is 2. The largest absolute Gasteiger partial charge is 0.359 e. The monoisotopic (exact) mass is 423 g/mol. The maximum absolute atomic E-state index is 4.61. The molecule has 4 rings (SSSR count). The molecule has 3 nitrogen and oxygen atoms in total. The van der Waals surface area contributed by atoms with Gasteiger partial charge in [-0.05, 0) is 66.7 Å². The summed E-state index contributed by atoms with van der Waals surface area (Å²) in [5.41, 5.74) is 2.19. The lowest BCUT2D eigenvalue weighted by Gasteiger charge is -2.25. The average Bonchev–Trinajstić information content (AvgIpc) is 3.16. The van der Waals surface area contributed by atoms with Crippen molar-refractivity contribution in [2.75, 3.05) is 13.1 Å². The number of halogens is 1. The molecule has 0 aliphatic carbocycles. The molecule has 1 saturated heterocycles. The number of rotatable bonds is 3. The number of nitrogens with one attached hydrogen (secondary N) is 1. The van der Waals surface area contributed by atoms with Crippen molar-refractivity contribution in [3.8, 4) is 10.6 Å². The molecule has 3 aromatic rings. The van der Waals surface area contributed by atoms with Crippen molar-refractivity contribution in [1.82, 2.24) is 14.9 Å². The summed E-state index contributed by atoms with van der Waals surface area (Å²) in [7, 11) is 0. The van der Waals surface area contributed by atoms with Crippen molar-refractivity contribution in [2.45, 2.75) is 25.8 Å². The number of hydrogen-bond donors (Lipinski definition) is 1. The Morgan fingerprint density at radius 2 is 2.09 bits per heavy atom. The number of hydrogen-bond acceptors (Lipinski definition) is 3. The molecule has 1 N–H and O–H groups in total. The van der Waals surface area contributed by atoms with Crippen LogP contribution in [0.25, 0.3) is 21.5 Å². The lowest BCUT2D eigenvalue weighted by atomic mass is 10.1. The molecule has 5 heteroatoms. The van der Waals surface area contributed by atoms with Gasteiger partial charge in [-0.15, -0.1) is 11.3 Å². The van der Waals surface area contributed by atoms with Crippen LogP contribution in [0, 0.1) is 3.57 Å². The SMILES string of the molecule is Ic1c[nH]c2cnc(-c3ccc(CN4CCCCC4)s3)cc12. The van der Waals surface area contributed by atoms with Crippen molar-refractivity contribution in [3.05, 3.63) is 39.0 Å². The standard InChI is InChI=1S/C17H18IN3S/c18-14-9-19-16-10-20-15(8-13(14)16)17-5-4-12(22-17)11-21-6-2-1-3-7-21/h4-5,8-10,19H,1-3,6-7,11H2. The van der Waals surface area contributed by atoms with Gasteiger partial charge in [-0.1, -0.05) is 6.42 Å². The van der Waals surface area contributed by atoms with E-state index in [2.05, 4.69) is 55.7 Å². The molecule has 4 heterocycles. The van der Waals surface area contributed by atoms with E-state index in [0.29, 0.717) is 0 Å². The van der Waals surface area contributed by atoms with Crippen LogP contribution in [-0.4, -0.2) is 28.0 Å². The molecule has 1 aliphatic rings. The second-order valence-electron chi connectivity index (χ2n) is 5.85. The van der Waals surface area contributed by atoms with Crippen molar-refractivity contribution in [2.24, 2.45) is 0 Å². The third kappa shape index (κ3) is 2.94. The van der Waals surface area contributed by atoms with Gasteiger partial charge in [-0.2, -0.15) is 0 Å². The van der Waals surface area contributed by atoms with Gasteiger partial charge in [-0.25, -0.2) is 0 Å². The van der Waals surface area contributed by atoms with Gasteiger partial charge in [-0.3, -0.25) is 9.88 Å². The fourth-order valence-electron chi connectivity index (χ4n) is 3.06. The first-order chi connectivity index (χ1) is 10.8. The van der Waals surface area contributed by atoms with Crippen LogP contribution in [0.5, 0.6) is 0 Å². The van der Waals surface area contributed by atoms with Crippen LogP contribution in [0.2, 0.25) is 0 Å². The molecule has 3 aromatic heterocycles. The summed E-state index contributed by atoms with van der Waals surface area (Å²) in [6.45, 7) is 3.59. The number of pyridine rings is 1. The Morgan fingerprint density at radius 3 is 2.95 bits per heavy atom. The zero-order chi connectivity index (χ0) is 14.9. The fourth-order valence-corrected chi connectivity index (χ4v) is 4.68. The van der Waals surface area contributed by atoms with Gasteiger partial charge in [0.25, 0.3) is 0 Å². The Morgan fingerprint density at radius 1 is 1.23 bits per heavy atom. The van der Waals surface area contributed by atoms with Crippen molar-refractivity contribution in [1.29, 1.82) is 0 Å². The second kappa shape index (κ2) is 6.29. The predicted molar refractivity (Wildman–Crippen MR) is 101 cm³/mol. The molecular formula is C17H18IN3S. The van der Waals surface area contributed by atoms with E-state index >= 15 is 0 Å². The van der Waals surface area contributed by atoms with Crippen LogP contribution in [-0.2, 0) is 6.54 Å². The molecular weight excluding hydrogens is 405 g/mol. The maximum atomic E-state index is 4.61. The number of thiophene rings is 1. The molecule has 1 fully saturated rings. The van der Waals surface area contributed by atoms with Gasteiger partial charge in [0.05, 0.1) is 22.3 Å². The Kier molecular flexibility index (Phi) is 4.19. The van der Waals surface area contributed by atoms with Crippen LogP contribution >= 0.6 is 33.9 Å². The van der Waals surface area contributed by atoms with Crippen LogP contribution in [0.15, 0.2) is 30.6 Å². The van der Waals surface area contributed by atoms with Gasteiger partial charge in [0.15, 0.2) is 0 Å². The van der Waals surface area contributed by atoms with E-state index in [1.807, 2.05) is 23.7 Å². The van der Waals surface area contributed by atoms with E-state index < -0.39 is 0 Å². The Bertz CT molecular complexity index is 786. The number of fused-ring (bicyclic) bond motifs is 1. The number of H-pyrrole nitrogens is 1. The first-order valence-electron chi connectivity index (χ1n) is 7.74. The summed E-state index contributed by atoms with van der Waals surface area (Å²) >= 11 is 4.25. The highest BCUT2D eigenvalue weighted by atomic mass is 127. The third-order valence-electron chi connectivity index (χ3n) is 4.26. The van der Waals surface area contributed by atoms with Crippen LogP contribution in [0.4, 0.5) is 0 Å². The topological polar surface area (TPSA) is 31.9 Å². The van der Waals surface area contributed by atoms with Crippen molar-refractivity contribution >= 4 is 44.8 Å². The van der Waals surface area contributed by atoms with E-state index in [9.17, 15) is 0 Å². The van der Waals surface area contributed by atoms with Crippen LogP contribution < -0.4 is 0 Å². The molecule has 0 radical (unpaired) electrons. The maximum Gasteiger partial charge on any atom is 0.0809 e. The molecule has 0 spiro atoms. The molecule has 0 aromatic carbocycles. The van der Waals surface area contributed by atoms with E-state index in [1.165, 1.54) is 51.1 Å². The van der Waals surface area contributed by atoms with E-state index in [1.54, 1.807) is 0 Å². The Labute approximate surface area is 147 Å². The van der Waals surface area contributed by atoms with Crippen LogP contribution in [0.3, 0.4) is 0 Å². The molecule has 0 atom stereocenters. The molecule has 0 unspecified atom stereocenters. The van der Waals surface area contributed by atoms with Gasteiger partial charge in [0.2, 0.25) is 0 Å². The van der Waals surface area contributed by atoms with Crippen molar-refractivity contribution in [3.63, 3.8) is 0 Å². The average molecular weight is 423 g/mol. The first-order valence-corrected chi connectivity index (χ1v) is 9.63. The summed E-state index contributed by atoms with van der Waals surface area (Å²) < 4.78 is 1.25. The van der Waals surface area contributed by atoms with Gasteiger partial charge >= 0.3 is 0 Å². The first kappa shape index (κ1) is 14.7. The molecule has 0 amide bonds. The summed E-state index contributed by atoms with van der Waals surface area (Å²) in [6, 6.07) is 6.68. The zero-order valence-corrected chi connectivity index (χ0v) is 15.3. The molecule has 1 aliphatic heterocycles. The molecule has 114 valence electrons. The summed E-state index contributed by atoms with van der Waals surface area (Å²) in [5, 5.41) is 1.26. The highest BCUT2D eigenvalue weighted by Gasteiger charge is 2.13. The van der Waals surface area contributed by atoms with Gasteiger partial charge in [0, 0.05) is 26.6 Å². The smallest absolute Gasteiger partial charge is 0.0809 e. The van der Waals surface area contributed by atoms with E-state index in [4.69, 9.17) is 0 Å². The summed E-state index contributed by atoms with van der Waals surface area (Å²) in [4.78, 5) is 13.2. The molecule has 0 saturated carbocycles. The third-order valence-corrected chi connectivity index (χ3v) is 6.24. The lowest BCUT2D eigenvalue weighted by Crippen LogP contribution is -2.28. The Hall–Kier alpha value is -0.920. The highest BCUT2D eigenvalue weighted by molar-refractivity contribution is 14.1. The fraction of sp³-hybridized carbons (Fsp3) is 0.353. The summed E-state index contributed by atoms with van der Waals surface area (Å²) in [6.07, 6.45) is 8.07. The number of aromatic amines is 1. The van der Waals surface area contributed by atoms with E-state index in [-0.39, 0.29) is 0 Å². The number of likely N-dealkylation sites (tertiary alicyclic amines) is 1. The van der Waals surface area contributed by atoms with Crippen molar-refractivity contribution < 1.29 is 0 Å². The highest BCUT2D eigenvalue weighted by Crippen LogP contribution is 2.31. The molecule has 22 heavy (non-hydrogen) atoms. The summed E-state index contributed by atoms with van der Waals surface area (Å²) in [5.74, 6) is 0. The molecule has 0 bridgehead atoms. The normalized spacial score (nSPS) is 16.4. The predicted octanol–water partition coefficient (Wildman–Crippen LogP) is 4.88. The lowest BCUT2D eigenvalue weighted by molar-refractivity contribution is 0.222. The quantitative estimate of drug-likeness (QED) is 0.609. The van der Waals surface area contributed by atoms with E-state index in [0.717, 1.165) is 17.8 Å². The van der Waals surface area contributed by atoms with Gasteiger partial charge in [0.1, 0.15) is 0 Å². The number of nitrogens with zero attached hydrogens (tertiary/aromatic N) is 2. The minimum Gasteiger partial charge on any atom is -0.359 e. The zero-order valence-electron chi connectivity index (χ0n) is 12.3. The van der Waals surface area contributed by atoms with Crippen LogP contribution in [0.1, 0.15) is 24.1 Å². The Balaban J connectivity index is 1.57. The second-order valence-corrected chi connectivity index (χ2v) is 8.19. The number of piperidine rings is 1. The minimum atomic E-state index is 1.08. The van der Waals surface area contributed by atoms with Gasteiger partial charge < -0.3 is 4.98 Å².